The van der Waals surface area contributed by atoms with Crippen molar-refractivity contribution in [3.8, 4) is 5.75 Å². The van der Waals surface area contributed by atoms with Crippen molar-refractivity contribution in [2.24, 2.45) is 5.16 Å². The molecule has 2 aromatic rings. The van der Waals surface area contributed by atoms with Crippen LogP contribution in [0.2, 0.25) is 0 Å². The highest BCUT2D eigenvalue weighted by molar-refractivity contribution is 5.91. The average Bonchev–Trinajstić information content (AvgIpc) is 2.53. The lowest BCUT2D eigenvalue weighted by Crippen LogP contribution is -2.16. The van der Waals surface area contributed by atoms with Crippen molar-refractivity contribution in [2.75, 3.05) is 19.0 Å². The number of hydrogen-bond acceptors (Lipinski definition) is 4. The number of carbonyl (C=O) groups is 1. The molecule has 0 aliphatic heterocycles. The maximum atomic E-state index is 13.3. The molecule has 0 heterocycles. The minimum absolute atomic E-state index is 0.276. The van der Waals surface area contributed by atoms with Gasteiger partial charge in [-0.2, -0.15) is 0 Å². The maximum Gasteiger partial charge on any atom is 0.265 e. The summed E-state index contributed by atoms with van der Waals surface area (Å²) in [6.07, 6.45) is 1.22. The molecule has 2 aromatic carbocycles. The van der Waals surface area contributed by atoms with E-state index in [1.54, 1.807) is 49.6 Å². The Kier molecular flexibility index (Phi) is 5.48. The predicted octanol–water partition coefficient (Wildman–Crippen LogP) is 2.82. The Morgan fingerprint density at radius 2 is 2.09 bits per heavy atom. The number of amides is 1. The molecule has 1 N–H and O–H groups in total. The third-order valence-electron chi connectivity index (χ3n) is 2.72. The quantitative estimate of drug-likeness (QED) is 0.659. The first kappa shape index (κ1) is 15.5. The molecule has 0 radical (unpaired) electrons. The van der Waals surface area contributed by atoms with E-state index in [4.69, 9.17) is 9.57 Å². The molecule has 0 unspecified atom stereocenters. The lowest BCUT2D eigenvalue weighted by atomic mass is 10.2. The number of benzene rings is 2. The van der Waals surface area contributed by atoms with Gasteiger partial charge in [-0.25, -0.2) is 4.39 Å². The fourth-order valence-corrected chi connectivity index (χ4v) is 1.67. The highest BCUT2D eigenvalue weighted by Gasteiger charge is 2.03. The summed E-state index contributed by atoms with van der Waals surface area (Å²) in [5, 5.41) is 6.20. The molecule has 0 aliphatic rings. The summed E-state index contributed by atoms with van der Waals surface area (Å²) in [6, 6.07) is 13.1. The first-order chi connectivity index (χ1) is 10.7. The standard InChI is InChI=1S/C16H15FN2O3/c1-21-14-7-4-6-13(9-14)19-16(20)11-22-18-10-12-5-2-3-8-15(12)17/h2-10H,11H2,1H3,(H,19,20)/b18-10-. The summed E-state index contributed by atoms with van der Waals surface area (Å²) in [5.74, 6) is -0.147. The molecule has 0 aromatic heterocycles. The normalized spacial score (nSPS) is 10.5. The van der Waals surface area contributed by atoms with Crippen LogP contribution in [0, 0.1) is 5.82 Å². The van der Waals surface area contributed by atoms with Gasteiger partial charge in [-0.15, -0.1) is 0 Å². The van der Waals surface area contributed by atoms with Gasteiger partial charge in [-0.3, -0.25) is 4.79 Å². The fraction of sp³-hybridized carbons (Fsp3) is 0.125. The van der Waals surface area contributed by atoms with Crippen LogP contribution in [0.4, 0.5) is 10.1 Å². The van der Waals surface area contributed by atoms with E-state index in [0.29, 0.717) is 11.4 Å². The number of methoxy groups -OCH3 is 1. The molecule has 6 heteroatoms. The molecule has 5 nitrogen and oxygen atoms in total. The number of rotatable bonds is 6. The van der Waals surface area contributed by atoms with Gasteiger partial charge >= 0.3 is 0 Å². The van der Waals surface area contributed by atoms with Crippen molar-refractivity contribution in [2.45, 2.75) is 0 Å². The summed E-state index contributed by atoms with van der Waals surface area (Å²) < 4.78 is 18.4. The smallest absolute Gasteiger partial charge is 0.265 e. The van der Waals surface area contributed by atoms with Gasteiger partial charge in [-0.1, -0.05) is 29.4 Å². The molecule has 22 heavy (non-hydrogen) atoms. The van der Waals surface area contributed by atoms with Gasteiger partial charge in [0, 0.05) is 17.3 Å². The molecule has 0 fully saturated rings. The average molecular weight is 302 g/mol. The van der Waals surface area contributed by atoms with Crippen molar-refractivity contribution in [3.63, 3.8) is 0 Å². The van der Waals surface area contributed by atoms with E-state index in [-0.39, 0.29) is 18.1 Å². The van der Waals surface area contributed by atoms with Gasteiger partial charge in [0.15, 0.2) is 6.61 Å². The Labute approximate surface area is 127 Å². The van der Waals surface area contributed by atoms with Gasteiger partial charge in [-0.05, 0) is 18.2 Å². The zero-order chi connectivity index (χ0) is 15.8. The van der Waals surface area contributed by atoms with Crippen LogP contribution in [-0.2, 0) is 9.63 Å². The summed E-state index contributed by atoms with van der Waals surface area (Å²) in [7, 11) is 1.54. The number of anilines is 1. The topological polar surface area (TPSA) is 59.9 Å². The second-order valence-corrected chi connectivity index (χ2v) is 4.31. The largest absolute Gasteiger partial charge is 0.497 e. The second kappa shape index (κ2) is 7.78. The van der Waals surface area contributed by atoms with Gasteiger partial charge in [0.1, 0.15) is 11.6 Å². The third-order valence-corrected chi connectivity index (χ3v) is 2.72. The van der Waals surface area contributed by atoms with E-state index in [0.717, 1.165) is 0 Å². The highest BCUT2D eigenvalue weighted by Crippen LogP contribution is 2.16. The molecule has 0 saturated carbocycles. The van der Waals surface area contributed by atoms with E-state index in [1.165, 1.54) is 12.3 Å². The van der Waals surface area contributed by atoms with Crippen LogP contribution in [0.15, 0.2) is 53.7 Å². The molecule has 0 atom stereocenters. The van der Waals surface area contributed by atoms with E-state index >= 15 is 0 Å². The first-order valence-corrected chi connectivity index (χ1v) is 6.53. The Morgan fingerprint density at radius 1 is 1.27 bits per heavy atom. The highest BCUT2D eigenvalue weighted by atomic mass is 19.1. The van der Waals surface area contributed by atoms with Crippen molar-refractivity contribution >= 4 is 17.8 Å². The molecule has 1 amide bonds. The SMILES string of the molecule is COc1cccc(NC(=O)CO/N=C\c2ccccc2F)c1. The lowest BCUT2D eigenvalue weighted by Gasteiger charge is -2.06. The van der Waals surface area contributed by atoms with Crippen LogP contribution in [0.5, 0.6) is 5.75 Å². The van der Waals surface area contributed by atoms with E-state index in [2.05, 4.69) is 10.5 Å². The summed E-state index contributed by atoms with van der Waals surface area (Å²) in [5.41, 5.74) is 0.877. The Hall–Kier alpha value is -2.89. The van der Waals surface area contributed by atoms with E-state index < -0.39 is 5.82 Å². The zero-order valence-electron chi connectivity index (χ0n) is 12.0. The monoisotopic (exact) mass is 302 g/mol. The Balaban J connectivity index is 1.81. The minimum atomic E-state index is -0.407. The number of ether oxygens (including phenoxy) is 1. The number of oxime groups is 1. The summed E-state index contributed by atoms with van der Waals surface area (Å²) >= 11 is 0. The van der Waals surface area contributed by atoms with Crippen LogP contribution in [0.25, 0.3) is 0 Å². The van der Waals surface area contributed by atoms with Crippen molar-refractivity contribution in [3.05, 3.63) is 59.9 Å². The van der Waals surface area contributed by atoms with Gasteiger partial charge in [0.2, 0.25) is 0 Å². The lowest BCUT2D eigenvalue weighted by molar-refractivity contribution is -0.120. The summed E-state index contributed by atoms with van der Waals surface area (Å²) in [6.45, 7) is -0.276. The first-order valence-electron chi connectivity index (χ1n) is 6.53. The number of nitrogens with one attached hydrogen (secondary N) is 1. The van der Waals surface area contributed by atoms with Gasteiger partial charge < -0.3 is 14.9 Å². The minimum Gasteiger partial charge on any atom is -0.497 e. The fourth-order valence-electron chi connectivity index (χ4n) is 1.67. The molecular weight excluding hydrogens is 287 g/mol. The molecule has 0 bridgehead atoms. The van der Waals surface area contributed by atoms with Crippen molar-refractivity contribution < 1.29 is 18.8 Å². The number of halogens is 1. The van der Waals surface area contributed by atoms with Crippen molar-refractivity contribution in [1.82, 2.24) is 0 Å². The number of nitrogens with zero attached hydrogens (tertiary/aromatic N) is 1. The van der Waals surface area contributed by atoms with Crippen LogP contribution in [0.3, 0.4) is 0 Å². The third kappa shape index (κ3) is 4.59. The van der Waals surface area contributed by atoms with Crippen LogP contribution >= 0.6 is 0 Å². The van der Waals surface area contributed by atoms with E-state index in [9.17, 15) is 9.18 Å². The molecule has 0 saturated heterocycles. The van der Waals surface area contributed by atoms with Gasteiger partial charge in [0.25, 0.3) is 5.91 Å². The molecule has 0 aliphatic carbocycles. The molecule has 2 rings (SSSR count). The summed E-state index contributed by atoms with van der Waals surface area (Å²) in [4.78, 5) is 16.5. The molecular formula is C16H15FN2O3. The molecule has 0 spiro atoms. The predicted molar refractivity (Wildman–Crippen MR) is 81.6 cm³/mol. The zero-order valence-corrected chi connectivity index (χ0v) is 12.0. The van der Waals surface area contributed by atoms with E-state index in [1.807, 2.05) is 0 Å². The van der Waals surface area contributed by atoms with Gasteiger partial charge in [0.05, 0.1) is 13.3 Å². The van der Waals surface area contributed by atoms with Crippen molar-refractivity contribution in [1.29, 1.82) is 0 Å². The Morgan fingerprint density at radius 3 is 2.86 bits per heavy atom. The maximum absolute atomic E-state index is 13.3. The number of carbonyl (C=O) groups excluding carboxylic acids is 1. The Bertz CT molecular complexity index is 674. The van der Waals surface area contributed by atoms with Crippen LogP contribution in [-0.4, -0.2) is 25.8 Å². The second-order valence-electron chi connectivity index (χ2n) is 4.31. The number of hydrogen-bond donors (Lipinski definition) is 1. The van der Waals surface area contributed by atoms with Crippen LogP contribution in [0.1, 0.15) is 5.56 Å². The molecule has 114 valence electrons. The van der Waals surface area contributed by atoms with Crippen LogP contribution < -0.4 is 10.1 Å².